The smallest absolute Gasteiger partial charge is 0.349 e. The highest BCUT2D eigenvalue weighted by atomic mass is 19.4. The Hall–Kier alpha value is -2.04. The second-order valence-electron chi connectivity index (χ2n) is 5.30. The Morgan fingerprint density at radius 3 is 2.29 bits per heavy atom. The van der Waals surface area contributed by atoms with E-state index < -0.39 is 12.0 Å². The summed E-state index contributed by atoms with van der Waals surface area (Å²) in [5, 5.41) is 0. The largest absolute Gasteiger partial charge is 0.454 e. The number of alkyl halides is 3. The Morgan fingerprint density at radius 2 is 1.76 bits per heavy atom. The molecule has 0 fully saturated rings. The zero-order valence-electron chi connectivity index (χ0n) is 11.8. The molecule has 2 rings (SSSR count). The van der Waals surface area contributed by atoms with E-state index in [9.17, 15) is 18.0 Å². The molecule has 0 spiro atoms. The Kier molecular flexibility index (Phi) is 4.21. The highest BCUT2D eigenvalue weighted by Gasteiger charge is 2.39. The zero-order chi connectivity index (χ0) is 15.6. The van der Waals surface area contributed by atoms with Crippen LogP contribution in [0.1, 0.15) is 41.3 Å². The van der Waals surface area contributed by atoms with E-state index in [2.05, 4.69) is 13.8 Å². The average Bonchev–Trinajstić information content (AvgIpc) is 2.85. The van der Waals surface area contributed by atoms with Gasteiger partial charge in [-0.1, -0.05) is 38.1 Å². The van der Waals surface area contributed by atoms with Crippen molar-refractivity contribution >= 4 is 5.78 Å². The lowest BCUT2D eigenvalue weighted by atomic mass is 10.0. The number of aromatic nitrogens is 1. The van der Waals surface area contributed by atoms with Gasteiger partial charge in [-0.05, 0) is 23.1 Å². The minimum Gasteiger partial charge on any atom is -0.349 e. The fourth-order valence-electron chi connectivity index (χ4n) is 2.06. The van der Waals surface area contributed by atoms with E-state index in [1.807, 2.05) is 24.3 Å². The van der Waals surface area contributed by atoms with Gasteiger partial charge in [0.1, 0.15) is 0 Å². The van der Waals surface area contributed by atoms with Crippen molar-refractivity contribution in [1.29, 1.82) is 0 Å². The zero-order valence-corrected chi connectivity index (χ0v) is 11.8. The fraction of sp³-hybridized carbons (Fsp3) is 0.312. The molecule has 1 aromatic carbocycles. The van der Waals surface area contributed by atoms with E-state index in [-0.39, 0.29) is 5.56 Å². The highest BCUT2D eigenvalue weighted by molar-refractivity contribution is 6.00. The van der Waals surface area contributed by atoms with Crippen LogP contribution in [0.3, 0.4) is 0 Å². The van der Waals surface area contributed by atoms with Crippen LogP contribution < -0.4 is 0 Å². The van der Waals surface area contributed by atoms with Crippen LogP contribution in [-0.4, -0.2) is 16.5 Å². The third-order valence-corrected chi connectivity index (χ3v) is 3.28. The Morgan fingerprint density at radius 1 is 1.14 bits per heavy atom. The highest BCUT2D eigenvalue weighted by Crippen LogP contribution is 2.22. The molecule has 0 aliphatic carbocycles. The molecular weight excluding hydrogens is 279 g/mol. The lowest BCUT2D eigenvalue weighted by Gasteiger charge is -2.08. The van der Waals surface area contributed by atoms with Crippen molar-refractivity contribution in [3.63, 3.8) is 0 Å². The van der Waals surface area contributed by atoms with Crippen LogP contribution in [0.4, 0.5) is 13.2 Å². The number of hydrogen-bond donors (Lipinski definition) is 0. The molecule has 0 saturated carbocycles. The van der Waals surface area contributed by atoms with Gasteiger partial charge in [0, 0.05) is 24.5 Å². The molecule has 21 heavy (non-hydrogen) atoms. The van der Waals surface area contributed by atoms with Gasteiger partial charge >= 0.3 is 6.18 Å². The third-order valence-electron chi connectivity index (χ3n) is 3.28. The Balaban J connectivity index is 2.11. The number of carbonyl (C=O) groups excluding carboxylic acids is 1. The maximum Gasteiger partial charge on any atom is 0.454 e. The van der Waals surface area contributed by atoms with Gasteiger partial charge in [-0.25, -0.2) is 0 Å². The Bertz CT molecular complexity index is 624. The van der Waals surface area contributed by atoms with Gasteiger partial charge in [0.25, 0.3) is 5.78 Å². The first-order chi connectivity index (χ1) is 9.77. The van der Waals surface area contributed by atoms with Gasteiger partial charge in [-0.2, -0.15) is 13.2 Å². The third kappa shape index (κ3) is 3.74. The van der Waals surface area contributed by atoms with Gasteiger partial charge in [0.2, 0.25) is 0 Å². The normalized spacial score (nSPS) is 11.9. The number of carbonyl (C=O) groups is 1. The first-order valence-corrected chi connectivity index (χ1v) is 6.63. The number of Topliss-reactive ketones (excluding diaryl/α,β-unsaturated/α-hetero) is 1. The van der Waals surface area contributed by atoms with Crippen molar-refractivity contribution in [3.8, 4) is 0 Å². The predicted octanol–water partition coefficient (Wildman–Crippen LogP) is 4.40. The van der Waals surface area contributed by atoms with Crippen LogP contribution in [-0.2, 0) is 6.54 Å². The van der Waals surface area contributed by atoms with E-state index >= 15 is 0 Å². The molecule has 0 radical (unpaired) electrons. The van der Waals surface area contributed by atoms with Gasteiger partial charge in [0.15, 0.2) is 0 Å². The standard InChI is InChI=1S/C16H16F3NO/c1-11(2)13-5-3-12(4-6-13)9-20-8-7-14(10-20)15(21)16(17,18)19/h3-8,10-11H,9H2,1-2H3. The lowest BCUT2D eigenvalue weighted by Crippen LogP contribution is -2.22. The first-order valence-electron chi connectivity index (χ1n) is 6.63. The van der Waals surface area contributed by atoms with E-state index in [0.717, 1.165) is 5.56 Å². The number of benzene rings is 1. The number of halogens is 3. The van der Waals surface area contributed by atoms with Crippen LogP contribution in [0.2, 0.25) is 0 Å². The summed E-state index contributed by atoms with van der Waals surface area (Å²) in [4.78, 5) is 11.1. The van der Waals surface area contributed by atoms with Gasteiger partial charge in [-0.15, -0.1) is 0 Å². The summed E-state index contributed by atoms with van der Waals surface area (Å²) in [5.74, 6) is -1.38. The molecule has 1 heterocycles. The monoisotopic (exact) mass is 295 g/mol. The van der Waals surface area contributed by atoms with Crippen molar-refractivity contribution in [3.05, 3.63) is 59.4 Å². The molecule has 0 N–H and O–H groups in total. The summed E-state index contributed by atoms with van der Waals surface area (Å²) in [7, 11) is 0. The minimum absolute atomic E-state index is 0.332. The Labute approximate surface area is 121 Å². The molecule has 0 saturated heterocycles. The molecule has 5 heteroatoms. The van der Waals surface area contributed by atoms with Crippen molar-refractivity contribution < 1.29 is 18.0 Å². The van der Waals surface area contributed by atoms with E-state index in [4.69, 9.17) is 0 Å². The average molecular weight is 295 g/mol. The molecular formula is C16H16F3NO. The van der Waals surface area contributed by atoms with Crippen molar-refractivity contribution in [2.75, 3.05) is 0 Å². The summed E-state index contributed by atoms with van der Waals surface area (Å²) >= 11 is 0. The lowest BCUT2D eigenvalue weighted by molar-refractivity contribution is -0.0885. The molecule has 0 amide bonds. The van der Waals surface area contributed by atoms with Gasteiger partial charge in [-0.3, -0.25) is 4.79 Å². The topological polar surface area (TPSA) is 22.0 Å². The maximum atomic E-state index is 12.3. The number of hydrogen-bond acceptors (Lipinski definition) is 1. The minimum atomic E-state index is -4.83. The first kappa shape index (κ1) is 15.4. The van der Waals surface area contributed by atoms with Crippen LogP contribution >= 0.6 is 0 Å². The SMILES string of the molecule is CC(C)c1ccc(Cn2ccc(C(=O)C(F)(F)F)c2)cc1. The maximum absolute atomic E-state index is 12.3. The molecule has 0 aliphatic rings. The molecule has 2 aromatic rings. The van der Waals surface area contributed by atoms with Crippen molar-refractivity contribution in [2.24, 2.45) is 0 Å². The van der Waals surface area contributed by atoms with Crippen LogP contribution in [0.15, 0.2) is 42.7 Å². The van der Waals surface area contributed by atoms with E-state index in [0.29, 0.717) is 12.5 Å². The fourth-order valence-corrected chi connectivity index (χ4v) is 2.06. The summed E-state index contributed by atoms with van der Waals surface area (Å²) in [6, 6.07) is 9.09. The molecule has 0 aliphatic heterocycles. The summed E-state index contributed by atoms with van der Waals surface area (Å²) in [6.07, 6.45) is -2.12. The van der Waals surface area contributed by atoms with Crippen LogP contribution in [0, 0.1) is 0 Å². The molecule has 0 bridgehead atoms. The van der Waals surface area contributed by atoms with Crippen LogP contribution in [0.25, 0.3) is 0 Å². The number of rotatable bonds is 4. The van der Waals surface area contributed by atoms with Gasteiger partial charge in [0.05, 0.1) is 0 Å². The molecule has 0 unspecified atom stereocenters. The predicted molar refractivity (Wildman–Crippen MR) is 74.5 cm³/mol. The van der Waals surface area contributed by atoms with Gasteiger partial charge < -0.3 is 4.57 Å². The molecule has 2 nitrogen and oxygen atoms in total. The molecule has 0 atom stereocenters. The van der Waals surface area contributed by atoms with E-state index in [1.165, 1.54) is 24.0 Å². The van der Waals surface area contributed by atoms with Crippen molar-refractivity contribution in [2.45, 2.75) is 32.5 Å². The number of ketones is 1. The van der Waals surface area contributed by atoms with E-state index in [1.54, 1.807) is 4.57 Å². The second kappa shape index (κ2) is 5.76. The quantitative estimate of drug-likeness (QED) is 0.766. The summed E-state index contributed by atoms with van der Waals surface area (Å²) in [5.41, 5.74) is 1.85. The molecule has 112 valence electrons. The molecule has 1 aromatic heterocycles. The van der Waals surface area contributed by atoms with Crippen molar-refractivity contribution in [1.82, 2.24) is 4.57 Å². The van der Waals surface area contributed by atoms with Crippen LogP contribution in [0.5, 0.6) is 0 Å². The second-order valence-corrected chi connectivity index (χ2v) is 5.30. The summed E-state index contributed by atoms with van der Waals surface area (Å²) < 4.78 is 38.6. The number of nitrogens with zero attached hydrogens (tertiary/aromatic N) is 1. The summed E-state index contributed by atoms with van der Waals surface area (Å²) in [6.45, 7) is 4.62.